The van der Waals surface area contributed by atoms with Crippen molar-refractivity contribution in [3.63, 3.8) is 0 Å². The molecule has 2 aromatic rings. The molecule has 1 aliphatic heterocycles. The molecule has 5 nitrogen and oxygen atoms in total. The van der Waals surface area contributed by atoms with E-state index in [1.54, 1.807) is 36.4 Å². The molecule has 2 aromatic carbocycles. The lowest BCUT2D eigenvalue weighted by molar-refractivity contribution is -0.171. The molecule has 4 atom stereocenters. The van der Waals surface area contributed by atoms with Crippen molar-refractivity contribution in [3.8, 4) is 11.5 Å². The molecule has 0 saturated heterocycles. The van der Waals surface area contributed by atoms with Crippen LogP contribution < -0.4 is 4.74 Å². The van der Waals surface area contributed by atoms with Crippen LogP contribution in [-0.2, 0) is 15.1 Å². The molecule has 0 spiro atoms. The molecule has 2 bridgehead atoms. The van der Waals surface area contributed by atoms with E-state index in [0.717, 1.165) is 12.8 Å². The molecule has 3 aliphatic rings. The predicted molar refractivity (Wildman–Crippen MR) is 104 cm³/mol. The molecule has 5 heteroatoms. The molecule has 0 amide bonds. The van der Waals surface area contributed by atoms with Gasteiger partial charge in [-0.05, 0) is 51.4 Å². The Kier molecular flexibility index (Phi) is 4.00. The second kappa shape index (κ2) is 6.33. The van der Waals surface area contributed by atoms with E-state index in [-0.39, 0.29) is 6.10 Å². The Morgan fingerprint density at radius 1 is 1.07 bits per heavy atom. The minimum Gasteiger partial charge on any atom is -0.459 e. The molecule has 1 N–H and O–H groups in total. The number of para-hydroxylation sites is 2. The lowest BCUT2D eigenvalue weighted by Crippen LogP contribution is -2.43. The summed E-state index contributed by atoms with van der Waals surface area (Å²) in [6.07, 6.45) is 2.98. The Hall–Kier alpha value is -2.37. The van der Waals surface area contributed by atoms with Crippen molar-refractivity contribution in [1.29, 1.82) is 0 Å². The lowest BCUT2D eigenvalue weighted by atomic mass is 9.83. The van der Waals surface area contributed by atoms with E-state index in [2.05, 4.69) is 19.0 Å². The highest BCUT2D eigenvalue weighted by Gasteiger charge is 2.54. The molecule has 2 aliphatic carbocycles. The number of rotatable bonds is 3. The van der Waals surface area contributed by atoms with Crippen LogP contribution >= 0.6 is 0 Å². The maximum absolute atomic E-state index is 13.4. The molecule has 0 aromatic heterocycles. The molecule has 2 saturated carbocycles. The van der Waals surface area contributed by atoms with Gasteiger partial charge in [0.15, 0.2) is 0 Å². The van der Waals surface area contributed by atoms with Crippen molar-refractivity contribution in [1.82, 2.24) is 4.90 Å². The van der Waals surface area contributed by atoms with Gasteiger partial charge in [-0.15, -0.1) is 0 Å². The third-order valence-electron chi connectivity index (χ3n) is 6.73. The summed E-state index contributed by atoms with van der Waals surface area (Å²) in [6.45, 7) is 0. The summed E-state index contributed by atoms with van der Waals surface area (Å²) in [7, 11) is 4.19. The molecule has 28 heavy (non-hydrogen) atoms. The third-order valence-corrected chi connectivity index (χ3v) is 6.73. The zero-order valence-electron chi connectivity index (χ0n) is 16.2. The summed E-state index contributed by atoms with van der Waals surface area (Å²) in [5.41, 5.74) is -0.988. The minimum atomic E-state index is -1.86. The fourth-order valence-corrected chi connectivity index (χ4v) is 5.59. The van der Waals surface area contributed by atoms with Gasteiger partial charge in [0.2, 0.25) is 5.60 Å². The molecular formula is C23H25NO4. The number of nitrogens with zero attached hydrogens (tertiary/aromatic N) is 1. The number of hydrogen-bond donors (Lipinski definition) is 1. The Balaban J connectivity index is 1.50. The van der Waals surface area contributed by atoms with Crippen LogP contribution in [-0.4, -0.2) is 42.2 Å². The van der Waals surface area contributed by atoms with Gasteiger partial charge in [-0.3, -0.25) is 0 Å². The first kappa shape index (κ1) is 17.7. The van der Waals surface area contributed by atoms with Crippen LogP contribution in [0.5, 0.6) is 11.5 Å². The quantitative estimate of drug-likeness (QED) is 0.830. The van der Waals surface area contributed by atoms with Crippen molar-refractivity contribution >= 4 is 5.97 Å². The number of carbonyl (C=O) groups excluding carboxylic acids is 1. The van der Waals surface area contributed by atoms with Crippen molar-refractivity contribution in [3.05, 3.63) is 59.7 Å². The summed E-state index contributed by atoms with van der Waals surface area (Å²) < 4.78 is 11.9. The zero-order valence-corrected chi connectivity index (χ0v) is 16.2. The Labute approximate surface area is 164 Å². The molecule has 0 radical (unpaired) electrons. The molecule has 2 fully saturated rings. The number of esters is 1. The Morgan fingerprint density at radius 3 is 2.25 bits per heavy atom. The Morgan fingerprint density at radius 2 is 1.68 bits per heavy atom. The van der Waals surface area contributed by atoms with Gasteiger partial charge in [0.1, 0.15) is 17.6 Å². The summed E-state index contributed by atoms with van der Waals surface area (Å²) in [4.78, 5) is 15.7. The van der Waals surface area contributed by atoms with E-state index in [9.17, 15) is 9.90 Å². The average molecular weight is 379 g/mol. The SMILES string of the molecule is CN(C)C1C2CCC1C(OC(=O)C1(O)c3ccccc3Oc3ccccc31)C2. The second-order valence-electron chi connectivity index (χ2n) is 8.44. The van der Waals surface area contributed by atoms with Gasteiger partial charge in [0.05, 0.1) is 0 Å². The summed E-state index contributed by atoms with van der Waals surface area (Å²) >= 11 is 0. The van der Waals surface area contributed by atoms with Crippen LogP contribution in [0.1, 0.15) is 30.4 Å². The minimum absolute atomic E-state index is 0.148. The van der Waals surface area contributed by atoms with Crippen molar-refractivity contribution in [2.45, 2.75) is 37.0 Å². The van der Waals surface area contributed by atoms with Gasteiger partial charge >= 0.3 is 5.97 Å². The van der Waals surface area contributed by atoms with Crippen LogP contribution in [0, 0.1) is 11.8 Å². The highest BCUT2D eigenvalue weighted by molar-refractivity contribution is 5.88. The van der Waals surface area contributed by atoms with Crippen molar-refractivity contribution in [2.75, 3.05) is 14.1 Å². The van der Waals surface area contributed by atoms with E-state index >= 15 is 0 Å². The fraction of sp³-hybridized carbons (Fsp3) is 0.435. The molecule has 4 unspecified atom stereocenters. The fourth-order valence-electron chi connectivity index (χ4n) is 5.59. The molecule has 146 valence electrons. The predicted octanol–water partition coefficient (Wildman–Crippen LogP) is 3.30. The normalized spacial score (nSPS) is 29.1. The molecule has 5 rings (SSSR count). The number of benzene rings is 2. The zero-order chi connectivity index (χ0) is 19.5. The van der Waals surface area contributed by atoms with Crippen molar-refractivity contribution in [2.24, 2.45) is 11.8 Å². The van der Waals surface area contributed by atoms with E-state index in [0.29, 0.717) is 40.5 Å². The second-order valence-corrected chi connectivity index (χ2v) is 8.44. The molecular weight excluding hydrogens is 354 g/mol. The first-order valence-electron chi connectivity index (χ1n) is 9.97. The number of carbonyl (C=O) groups is 1. The number of fused-ring (bicyclic) bond motifs is 4. The van der Waals surface area contributed by atoms with Gasteiger partial charge in [-0.1, -0.05) is 36.4 Å². The van der Waals surface area contributed by atoms with Gasteiger partial charge in [-0.25, -0.2) is 4.79 Å². The van der Waals surface area contributed by atoms with E-state index < -0.39 is 11.6 Å². The highest BCUT2D eigenvalue weighted by atomic mass is 16.6. The highest BCUT2D eigenvalue weighted by Crippen LogP contribution is 2.51. The first-order chi connectivity index (χ1) is 13.5. The third kappa shape index (κ3) is 2.43. The summed E-state index contributed by atoms with van der Waals surface area (Å²) in [6, 6.07) is 14.7. The van der Waals surface area contributed by atoms with Crippen LogP contribution in [0.4, 0.5) is 0 Å². The summed E-state index contributed by atoms with van der Waals surface area (Å²) in [5, 5.41) is 11.7. The largest absolute Gasteiger partial charge is 0.459 e. The van der Waals surface area contributed by atoms with E-state index in [4.69, 9.17) is 9.47 Å². The Bertz CT molecular complexity index is 879. The topological polar surface area (TPSA) is 59.0 Å². The number of ether oxygens (including phenoxy) is 2. The van der Waals surface area contributed by atoms with Crippen LogP contribution in [0.3, 0.4) is 0 Å². The van der Waals surface area contributed by atoms with Crippen LogP contribution in [0.25, 0.3) is 0 Å². The molecule has 1 heterocycles. The lowest BCUT2D eigenvalue weighted by Gasteiger charge is -2.35. The van der Waals surface area contributed by atoms with Crippen molar-refractivity contribution < 1.29 is 19.4 Å². The van der Waals surface area contributed by atoms with Gasteiger partial charge in [-0.2, -0.15) is 0 Å². The number of aliphatic hydroxyl groups is 1. The maximum Gasteiger partial charge on any atom is 0.348 e. The average Bonchev–Trinajstić information content (AvgIpc) is 3.26. The maximum atomic E-state index is 13.4. The van der Waals surface area contributed by atoms with Crippen LogP contribution in [0.2, 0.25) is 0 Å². The van der Waals surface area contributed by atoms with Gasteiger partial charge in [0.25, 0.3) is 0 Å². The van der Waals surface area contributed by atoms with Crippen LogP contribution in [0.15, 0.2) is 48.5 Å². The number of hydrogen-bond acceptors (Lipinski definition) is 5. The van der Waals surface area contributed by atoms with Gasteiger partial charge in [0, 0.05) is 23.1 Å². The standard InChI is InChI=1S/C23H25NO4/c1-24(2)21-14-11-12-15(21)20(13-14)28-22(25)23(26)16-7-3-5-9-18(16)27-19-10-6-4-8-17(19)23/h3-10,14-15,20-21,26H,11-13H2,1-2H3. The van der Waals surface area contributed by atoms with Gasteiger partial charge < -0.3 is 19.5 Å². The van der Waals surface area contributed by atoms with E-state index in [1.807, 2.05) is 12.1 Å². The monoisotopic (exact) mass is 379 g/mol. The summed E-state index contributed by atoms with van der Waals surface area (Å²) in [5.74, 6) is 1.25. The van der Waals surface area contributed by atoms with E-state index in [1.165, 1.54) is 6.42 Å². The first-order valence-corrected chi connectivity index (χ1v) is 9.97. The smallest absolute Gasteiger partial charge is 0.348 e.